The van der Waals surface area contributed by atoms with Gasteiger partial charge in [-0.05, 0) is 42.8 Å². The van der Waals surface area contributed by atoms with E-state index < -0.39 is 15.9 Å². The summed E-state index contributed by atoms with van der Waals surface area (Å²) in [6.45, 7) is 1.89. The number of aryl methyl sites for hydroxylation is 1. The Morgan fingerprint density at radius 1 is 1.18 bits per heavy atom. The van der Waals surface area contributed by atoms with Crippen LogP contribution in [0.5, 0.6) is 5.75 Å². The molecule has 0 saturated heterocycles. The van der Waals surface area contributed by atoms with Crippen molar-refractivity contribution in [1.82, 2.24) is 0 Å². The highest BCUT2D eigenvalue weighted by molar-refractivity contribution is 7.89. The number of rotatable bonds is 4. The van der Waals surface area contributed by atoms with Crippen LogP contribution in [0.4, 0.5) is 5.69 Å². The number of carbonyl (C=O) groups is 1. The Hall–Kier alpha value is -2.38. The minimum Gasteiger partial charge on any atom is -0.496 e. The molecule has 2 aromatic carbocycles. The molecule has 1 amide bonds. The SMILES string of the molecule is COc1cc(C)ccc1C(=O)Nc1cccc(S(N)(=O)=O)c1. The molecule has 3 N–H and O–H groups in total. The third-order valence-electron chi connectivity index (χ3n) is 3.02. The van der Waals surface area contributed by atoms with Crippen LogP contribution in [0.1, 0.15) is 15.9 Å². The van der Waals surface area contributed by atoms with Crippen molar-refractivity contribution in [3.05, 3.63) is 53.6 Å². The molecule has 0 spiro atoms. The molecule has 0 atom stereocenters. The lowest BCUT2D eigenvalue weighted by atomic mass is 10.1. The zero-order chi connectivity index (χ0) is 16.3. The number of benzene rings is 2. The Morgan fingerprint density at radius 2 is 1.91 bits per heavy atom. The van der Waals surface area contributed by atoms with Crippen molar-refractivity contribution in [3.63, 3.8) is 0 Å². The number of ether oxygens (including phenoxy) is 1. The van der Waals surface area contributed by atoms with Crippen molar-refractivity contribution in [2.45, 2.75) is 11.8 Å². The highest BCUT2D eigenvalue weighted by Crippen LogP contribution is 2.22. The van der Waals surface area contributed by atoms with Gasteiger partial charge in [0.15, 0.2) is 0 Å². The zero-order valence-corrected chi connectivity index (χ0v) is 13.0. The quantitative estimate of drug-likeness (QED) is 0.899. The molecule has 0 aliphatic carbocycles. The second-order valence-electron chi connectivity index (χ2n) is 4.73. The number of methoxy groups -OCH3 is 1. The van der Waals surface area contributed by atoms with E-state index in [0.717, 1.165) is 5.56 Å². The molecule has 0 saturated carbocycles. The summed E-state index contributed by atoms with van der Waals surface area (Å²) >= 11 is 0. The molecule has 0 fully saturated rings. The Bertz CT molecular complexity index is 816. The van der Waals surface area contributed by atoms with Gasteiger partial charge in [0.05, 0.1) is 17.6 Å². The first-order valence-electron chi connectivity index (χ1n) is 6.40. The first-order chi connectivity index (χ1) is 10.3. The predicted molar refractivity (Wildman–Crippen MR) is 83.5 cm³/mol. The third-order valence-corrected chi connectivity index (χ3v) is 3.93. The molecular formula is C15H16N2O4S. The average molecular weight is 320 g/mol. The normalized spacial score (nSPS) is 11.0. The Balaban J connectivity index is 2.30. The molecule has 0 aromatic heterocycles. The maximum absolute atomic E-state index is 12.3. The average Bonchev–Trinajstić information content (AvgIpc) is 2.46. The summed E-state index contributed by atoms with van der Waals surface area (Å²) in [4.78, 5) is 12.2. The monoisotopic (exact) mass is 320 g/mol. The molecule has 0 bridgehead atoms. The van der Waals surface area contributed by atoms with E-state index in [-0.39, 0.29) is 4.90 Å². The van der Waals surface area contributed by atoms with Gasteiger partial charge in [0.2, 0.25) is 10.0 Å². The van der Waals surface area contributed by atoms with Gasteiger partial charge >= 0.3 is 0 Å². The van der Waals surface area contributed by atoms with Crippen molar-refractivity contribution < 1.29 is 17.9 Å². The van der Waals surface area contributed by atoms with Gasteiger partial charge in [-0.1, -0.05) is 12.1 Å². The van der Waals surface area contributed by atoms with Gasteiger partial charge in [-0.25, -0.2) is 13.6 Å². The van der Waals surface area contributed by atoms with Gasteiger partial charge in [-0.3, -0.25) is 4.79 Å². The fraction of sp³-hybridized carbons (Fsp3) is 0.133. The number of nitrogens with one attached hydrogen (secondary N) is 1. The maximum Gasteiger partial charge on any atom is 0.259 e. The Kier molecular flexibility index (Phi) is 4.48. The van der Waals surface area contributed by atoms with Crippen molar-refractivity contribution in [1.29, 1.82) is 0 Å². The van der Waals surface area contributed by atoms with E-state index in [9.17, 15) is 13.2 Å². The molecule has 6 nitrogen and oxygen atoms in total. The van der Waals surface area contributed by atoms with E-state index in [2.05, 4.69) is 5.32 Å². The van der Waals surface area contributed by atoms with E-state index in [0.29, 0.717) is 17.0 Å². The van der Waals surface area contributed by atoms with Gasteiger partial charge in [0.25, 0.3) is 5.91 Å². The lowest BCUT2D eigenvalue weighted by molar-refractivity contribution is 0.102. The molecular weight excluding hydrogens is 304 g/mol. The van der Waals surface area contributed by atoms with Crippen LogP contribution in [0.2, 0.25) is 0 Å². The van der Waals surface area contributed by atoms with Crippen molar-refractivity contribution >= 4 is 21.6 Å². The summed E-state index contributed by atoms with van der Waals surface area (Å²) in [5.74, 6) is 0.0449. The largest absolute Gasteiger partial charge is 0.496 e. The molecule has 0 aliphatic rings. The molecule has 2 aromatic rings. The standard InChI is InChI=1S/C15H16N2O4S/c1-10-6-7-13(14(8-10)21-2)15(18)17-11-4-3-5-12(9-11)22(16,19)20/h3-9H,1-2H3,(H,17,18)(H2,16,19,20). The fourth-order valence-corrected chi connectivity index (χ4v) is 2.49. The molecule has 0 heterocycles. The number of amides is 1. The predicted octanol–water partition coefficient (Wildman–Crippen LogP) is 1.90. The second kappa shape index (κ2) is 6.17. The highest BCUT2D eigenvalue weighted by atomic mass is 32.2. The van der Waals surface area contributed by atoms with Crippen LogP contribution in [0.15, 0.2) is 47.4 Å². The van der Waals surface area contributed by atoms with Crippen molar-refractivity contribution in [2.75, 3.05) is 12.4 Å². The smallest absolute Gasteiger partial charge is 0.259 e. The van der Waals surface area contributed by atoms with Crippen LogP contribution in [-0.4, -0.2) is 21.4 Å². The fourth-order valence-electron chi connectivity index (χ4n) is 1.94. The topological polar surface area (TPSA) is 98.5 Å². The summed E-state index contributed by atoms with van der Waals surface area (Å²) in [5.41, 5.74) is 1.65. The summed E-state index contributed by atoms with van der Waals surface area (Å²) < 4.78 is 27.8. The number of carbonyl (C=O) groups excluding carboxylic acids is 1. The lowest BCUT2D eigenvalue weighted by Gasteiger charge is -2.10. The number of hydrogen-bond donors (Lipinski definition) is 2. The van der Waals surface area contributed by atoms with E-state index in [1.807, 2.05) is 6.92 Å². The molecule has 0 aliphatic heterocycles. The number of hydrogen-bond acceptors (Lipinski definition) is 4. The van der Waals surface area contributed by atoms with Gasteiger partial charge in [0.1, 0.15) is 5.75 Å². The Morgan fingerprint density at radius 3 is 2.55 bits per heavy atom. The summed E-state index contributed by atoms with van der Waals surface area (Å²) in [5, 5.41) is 7.70. The molecule has 0 radical (unpaired) electrons. The van der Waals surface area contributed by atoms with Crippen LogP contribution in [-0.2, 0) is 10.0 Å². The zero-order valence-electron chi connectivity index (χ0n) is 12.2. The van der Waals surface area contributed by atoms with Gasteiger partial charge in [0, 0.05) is 5.69 Å². The van der Waals surface area contributed by atoms with Crippen LogP contribution < -0.4 is 15.2 Å². The first-order valence-corrected chi connectivity index (χ1v) is 7.95. The lowest BCUT2D eigenvalue weighted by Crippen LogP contribution is -2.15. The van der Waals surface area contributed by atoms with E-state index >= 15 is 0 Å². The highest BCUT2D eigenvalue weighted by Gasteiger charge is 2.14. The van der Waals surface area contributed by atoms with Gasteiger partial charge in [-0.2, -0.15) is 0 Å². The molecule has 116 valence electrons. The summed E-state index contributed by atoms with van der Waals surface area (Å²) in [6.07, 6.45) is 0. The summed E-state index contributed by atoms with van der Waals surface area (Å²) in [7, 11) is -2.34. The van der Waals surface area contributed by atoms with Crippen molar-refractivity contribution in [2.24, 2.45) is 5.14 Å². The second-order valence-corrected chi connectivity index (χ2v) is 6.29. The van der Waals surface area contributed by atoms with Crippen molar-refractivity contribution in [3.8, 4) is 5.75 Å². The number of primary sulfonamides is 1. The van der Waals surface area contributed by atoms with Crippen LogP contribution in [0.25, 0.3) is 0 Å². The van der Waals surface area contributed by atoms with E-state index in [1.165, 1.54) is 25.3 Å². The number of sulfonamides is 1. The minimum absolute atomic E-state index is 0.0684. The summed E-state index contributed by atoms with van der Waals surface area (Å²) in [6, 6.07) is 10.9. The molecule has 7 heteroatoms. The third kappa shape index (κ3) is 3.63. The minimum atomic E-state index is -3.82. The van der Waals surface area contributed by atoms with Crippen LogP contribution >= 0.6 is 0 Å². The van der Waals surface area contributed by atoms with Gasteiger partial charge < -0.3 is 10.1 Å². The van der Waals surface area contributed by atoms with E-state index in [1.54, 1.807) is 24.3 Å². The van der Waals surface area contributed by atoms with Crippen LogP contribution in [0, 0.1) is 6.92 Å². The molecule has 2 rings (SSSR count). The number of nitrogens with two attached hydrogens (primary N) is 1. The first kappa shape index (κ1) is 16.0. The van der Waals surface area contributed by atoms with Gasteiger partial charge in [-0.15, -0.1) is 0 Å². The van der Waals surface area contributed by atoms with E-state index in [4.69, 9.17) is 9.88 Å². The Labute approximate surface area is 129 Å². The number of anilines is 1. The molecule has 22 heavy (non-hydrogen) atoms. The maximum atomic E-state index is 12.3. The molecule has 0 unspecified atom stereocenters. The van der Waals surface area contributed by atoms with Crippen LogP contribution in [0.3, 0.4) is 0 Å².